The van der Waals surface area contributed by atoms with Gasteiger partial charge in [-0.15, -0.1) is 0 Å². The van der Waals surface area contributed by atoms with Gasteiger partial charge in [-0.25, -0.2) is 4.79 Å². The van der Waals surface area contributed by atoms with E-state index in [2.05, 4.69) is 4.74 Å². The van der Waals surface area contributed by atoms with Crippen LogP contribution in [0.5, 0.6) is 0 Å². The lowest BCUT2D eigenvalue weighted by atomic mass is 10.1. The summed E-state index contributed by atoms with van der Waals surface area (Å²) >= 11 is 0. The van der Waals surface area contributed by atoms with E-state index < -0.39 is 18.0 Å². The fourth-order valence-electron chi connectivity index (χ4n) is 0.896. The molecule has 1 aliphatic heterocycles. The Morgan fingerprint density at radius 3 is 2.33 bits per heavy atom. The number of allylic oxidation sites excluding steroid dienone is 1. The maximum absolute atomic E-state index is 10.7. The molecule has 66 valence electrons. The number of carbonyl (C=O) groups excluding carboxylic acids is 2. The van der Waals surface area contributed by atoms with Crippen molar-refractivity contribution < 1.29 is 19.1 Å². The van der Waals surface area contributed by atoms with Crippen LogP contribution in [0.15, 0.2) is 11.3 Å². The van der Waals surface area contributed by atoms with E-state index in [1.54, 1.807) is 13.8 Å². The van der Waals surface area contributed by atoms with Crippen LogP contribution in [0.25, 0.3) is 0 Å². The Labute approximate surface area is 70.1 Å². The second-order valence-electron chi connectivity index (χ2n) is 2.77. The van der Waals surface area contributed by atoms with Crippen LogP contribution in [0.4, 0.5) is 0 Å². The molecule has 0 aromatic rings. The van der Waals surface area contributed by atoms with Crippen LogP contribution in [0.3, 0.4) is 0 Å². The molecule has 1 fully saturated rings. The second-order valence-corrected chi connectivity index (χ2v) is 2.77. The summed E-state index contributed by atoms with van der Waals surface area (Å²) in [4.78, 5) is 21.3. The highest BCUT2D eigenvalue weighted by Crippen LogP contribution is 2.25. The van der Waals surface area contributed by atoms with E-state index in [9.17, 15) is 9.59 Å². The van der Waals surface area contributed by atoms with E-state index >= 15 is 0 Å². The van der Waals surface area contributed by atoms with Crippen molar-refractivity contribution in [3.63, 3.8) is 0 Å². The highest BCUT2D eigenvalue weighted by molar-refractivity contribution is 5.88. The molecule has 0 saturated carbocycles. The monoisotopic (exact) mass is 170 g/mol. The molecule has 0 N–H and O–H groups in total. The van der Waals surface area contributed by atoms with Gasteiger partial charge in [0.2, 0.25) is 0 Å². The van der Waals surface area contributed by atoms with E-state index in [4.69, 9.17) is 4.74 Å². The molecule has 0 amide bonds. The lowest BCUT2D eigenvalue weighted by molar-refractivity contribution is -0.178. The molecule has 4 nitrogen and oxygen atoms in total. The van der Waals surface area contributed by atoms with E-state index in [1.165, 1.54) is 6.92 Å². The summed E-state index contributed by atoms with van der Waals surface area (Å²) in [5.41, 5.74) is 0.848. The van der Waals surface area contributed by atoms with Gasteiger partial charge in [0.25, 0.3) is 6.10 Å². The Hall–Kier alpha value is -1.32. The standard InChI is InChI=1S/C8H10O4/c1-4(2)6-7(8(10)12-6)11-5(3)9/h7H,1-3H3. The van der Waals surface area contributed by atoms with E-state index in [0.717, 1.165) is 5.57 Å². The summed E-state index contributed by atoms with van der Waals surface area (Å²) in [6, 6.07) is 0. The maximum atomic E-state index is 10.7. The minimum Gasteiger partial charge on any atom is -0.442 e. The fourth-order valence-corrected chi connectivity index (χ4v) is 0.896. The van der Waals surface area contributed by atoms with Gasteiger partial charge in [0.15, 0.2) is 5.76 Å². The van der Waals surface area contributed by atoms with Crippen molar-refractivity contribution in [2.24, 2.45) is 0 Å². The molecule has 0 aromatic heterocycles. The van der Waals surface area contributed by atoms with Crippen LogP contribution < -0.4 is 0 Å². The molecular weight excluding hydrogens is 160 g/mol. The van der Waals surface area contributed by atoms with Crippen molar-refractivity contribution in [3.05, 3.63) is 11.3 Å². The Balaban J connectivity index is 2.69. The van der Waals surface area contributed by atoms with Gasteiger partial charge < -0.3 is 9.47 Å². The average Bonchev–Trinajstić information content (AvgIpc) is 1.95. The summed E-state index contributed by atoms with van der Waals surface area (Å²) in [5, 5.41) is 0. The highest BCUT2D eigenvalue weighted by Gasteiger charge is 2.41. The van der Waals surface area contributed by atoms with Crippen LogP contribution in [-0.2, 0) is 19.1 Å². The van der Waals surface area contributed by atoms with Gasteiger partial charge in [-0.2, -0.15) is 0 Å². The number of esters is 2. The number of hydrogen-bond acceptors (Lipinski definition) is 4. The topological polar surface area (TPSA) is 52.6 Å². The predicted octanol–water partition coefficient (Wildman–Crippen LogP) is 0.769. The summed E-state index contributed by atoms with van der Waals surface area (Å²) in [6.07, 6.45) is -0.799. The third-order valence-corrected chi connectivity index (χ3v) is 1.44. The molecule has 4 heteroatoms. The quantitative estimate of drug-likeness (QED) is 0.545. The first kappa shape index (κ1) is 8.77. The van der Waals surface area contributed by atoms with Crippen LogP contribution in [0, 0.1) is 0 Å². The molecular formula is C8H10O4. The molecule has 1 rings (SSSR count). The molecule has 0 bridgehead atoms. The summed E-state index contributed by atoms with van der Waals surface area (Å²) in [6.45, 7) is 4.84. The normalized spacial score (nSPS) is 21.1. The van der Waals surface area contributed by atoms with Gasteiger partial charge in [-0.1, -0.05) is 0 Å². The first-order valence-electron chi connectivity index (χ1n) is 3.58. The molecule has 12 heavy (non-hydrogen) atoms. The molecule has 0 aliphatic carbocycles. The third-order valence-electron chi connectivity index (χ3n) is 1.44. The van der Waals surface area contributed by atoms with Crippen LogP contribution in [-0.4, -0.2) is 18.0 Å². The molecule has 0 radical (unpaired) electrons. The Morgan fingerprint density at radius 1 is 1.42 bits per heavy atom. The van der Waals surface area contributed by atoms with Gasteiger partial charge in [-0.05, 0) is 19.4 Å². The Morgan fingerprint density at radius 2 is 2.00 bits per heavy atom. The number of carbonyl (C=O) groups is 2. The smallest absolute Gasteiger partial charge is 0.360 e. The third kappa shape index (κ3) is 1.47. The molecule has 0 aromatic carbocycles. The first-order valence-corrected chi connectivity index (χ1v) is 3.58. The van der Waals surface area contributed by atoms with E-state index in [-0.39, 0.29) is 0 Å². The molecule has 1 aliphatic rings. The van der Waals surface area contributed by atoms with Crippen molar-refractivity contribution in [1.82, 2.24) is 0 Å². The summed E-state index contributed by atoms with van der Waals surface area (Å²) in [5.74, 6) is -0.521. The molecule has 1 atom stereocenters. The number of rotatable bonds is 1. The number of hydrogen-bond donors (Lipinski definition) is 0. The average molecular weight is 170 g/mol. The van der Waals surface area contributed by atoms with Crippen molar-refractivity contribution in [2.45, 2.75) is 26.9 Å². The van der Waals surface area contributed by atoms with Gasteiger partial charge in [0, 0.05) is 6.92 Å². The van der Waals surface area contributed by atoms with E-state index in [0.29, 0.717) is 5.76 Å². The van der Waals surface area contributed by atoms with Crippen molar-refractivity contribution in [2.75, 3.05) is 0 Å². The lowest BCUT2D eigenvalue weighted by Gasteiger charge is -2.27. The van der Waals surface area contributed by atoms with Crippen molar-refractivity contribution in [3.8, 4) is 0 Å². The Bertz CT molecular complexity index is 260. The predicted molar refractivity (Wildman–Crippen MR) is 40.0 cm³/mol. The van der Waals surface area contributed by atoms with Crippen LogP contribution >= 0.6 is 0 Å². The van der Waals surface area contributed by atoms with Gasteiger partial charge >= 0.3 is 11.9 Å². The van der Waals surface area contributed by atoms with Gasteiger partial charge in [0.1, 0.15) is 0 Å². The van der Waals surface area contributed by atoms with E-state index in [1.807, 2.05) is 0 Å². The van der Waals surface area contributed by atoms with Gasteiger partial charge in [-0.3, -0.25) is 4.79 Å². The summed E-state index contributed by atoms with van der Waals surface area (Å²) in [7, 11) is 0. The number of cyclic esters (lactones) is 1. The highest BCUT2D eigenvalue weighted by atomic mass is 16.6. The minimum atomic E-state index is -0.799. The maximum Gasteiger partial charge on any atom is 0.360 e. The zero-order chi connectivity index (χ0) is 9.30. The molecule has 1 unspecified atom stereocenters. The SMILES string of the molecule is CC(=O)OC1C(=O)OC1=C(C)C. The summed E-state index contributed by atoms with van der Waals surface area (Å²) < 4.78 is 9.38. The number of ether oxygens (including phenoxy) is 2. The molecule has 0 spiro atoms. The second kappa shape index (κ2) is 2.97. The van der Waals surface area contributed by atoms with Crippen molar-refractivity contribution in [1.29, 1.82) is 0 Å². The fraction of sp³-hybridized carbons (Fsp3) is 0.500. The molecule has 1 saturated heterocycles. The largest absolute Gasteiger partial charge is 0.442 e. The lowest BCUT2D eigenvalue weighted by Crippen LogP contribution is -2.41. The van der Waals surface area contributed by atoms with Crippen molar-refractivity contribution >= 4 is 11.9 Å². The molecule has 1 heterocycles. The minimum absolute atomic E-state index is 0.454. The zero-order valence-corrected chi connectivity index (χ0v) is 7.21. The Kier molecular flexibility index (Phi) is 2.17. The van der Waals surface area contributed by atoms with Gasteiger partial charge in [0.05, 0.1) is 0 Å². The zero-order valence-electron chi connectivity index (χ0n) is 7.21. The van der Waals surface area contributed by atoms with Crippen LogP contribution in [0.1, 0.15) is 20.8 Å². The first-order chi connectivity index (χ1) is 5.52. The van der Waals surface area contributed by atoms with Crippen LogP contribution in [0.2, 0.25) is 0 Å².